The summed E-state index contributed by atoms with van der Waals surface area (Å²) in [5.41, 5.74) is 1.61. The summed E-state index contributed by atoms with van der Waals surface area (Å²) in [5, 5.41) is 6.13. The number of aliphatic imine (C=N–C) groups is 1. The molecule has 1 saturated carbocycles. The van der Waals surface area contributed by atoms with Crippen LogP contribution in [0.2, 0.25) is 5.02 Å². The highest BCUT2D eigenvalue weighted by Crippen LogP contribution is 2.49. The van der Waals surface area contributed by atoms with Gasteiger partial charge in [-0.05, 0) is 30.5 Å². The first-order chi connectivity index (χ1) is 19.0. The lowest BCUT2D eigenvalue weighted by Crippen LogP contribution is -2.54. The standard InChI is InChI=1S/C22H16ClF12N5O2/c1-37-16(14(15(36)18(24,25)20(28,29)30)42-22(34,35)19(26,27)21(31,32)33)40-8-10(7-38-40)9-2-5-13(23)12(6-9)17(41)39-11-3-4-11/h2,5-8,11H,3-4,36H2,1H3,(H,39,41). The van der Waals surface area contributed by atoms with Gasteiger partial charge in [-0.2, -0.15) is 57.8 Å². The molecule has 1 amide bonds. The van der Waals surface area contributed by atoms with Gasteiger partial charge in [0.25, 0.3) is 5.91 Å². The molecular weight excluding hydrogens is 630 g/mol. The highest BCUT2D eigenvalue weighted by Gasteiger charge is 2.76. The number of carbonyl (C=O) groups excluding carboxylic acids is 1. The predicted octanol–water partition coefficient (Wildman–Crippen LogP) is 6.15. The van der Waals surface area contributed by atoms with Crippen molar-refractivity contribution in [2.45, 2.75) is 49.2 Å². The van der Waals surface area contributed by atoms with Gasteiger partial charge in [-0.3, -0.25) is 9.79 Å². The van der Waals surface area contributed by atoms with Crippen molar-refractivity contribution in [2.75, 3.05) is 7.05 Å². The van der Waals surface area contributed by atoms with Crippen molar-refractivity contribution in [3.05, 3.63) is 52.6 Å². The first-order valence-corrected chi connectivity index (χ1v) is 11.5. The molecule has 0 radical (unpaired) electrons. The van der Waals surface area contributed by atoms with Crippen LogP contribution in [0.25, 0.3) is 11.1 Å². The molecule has 1 heterocycles. The second-order valence-electron chi connectivity index (χ2n) is 8.67. The third kappa shape index (κ3) is 6.24. The molecule has 0 bridgehead atoms. The van der Waals surface area contributed by atoms with E-state index in [0.29, 0.717) is 13.2 Å². The number of carbonyl (C=O) groups is 1. The predicted molar refractivity (Wildman–Crippen MR) is 121 cm³/mol. The molecule has 20 heteroatoms. The third-order valence-corrected chi connectivity index (χ3v) is 5.89. The Morgan fingerprint density at radius 2 is 1.62 bits per heavy atom. The van der Waals surface area contributed by atoms with Crippen LogP contribution in [0, 0.1) is 0 Å². The fourth-order valence-electron chi connectivity index (χ4n) is 3.14. The van der Waals surface area contributed by atoms with Gasteiger partial charge in [-0.25, -0.2) is 4.68 Å². The number of halogens is 13. The van der Waals surface area contributed by atoms with Gasteiger partial charge in [0.1, 0.15) is 5.70 Å². The number of nitrogens with zero attached hydrogens (tertiary/aromatic N) is 3. The van der Waals surface area contributed by atoms with Crippen molar-refractivity contribution in [1.29, 1.82) is 0 Å². The number of nitrogens with one attached hydrogen (secondary N) is 1. The Hall–Kier alpha value is -3.64. The largest absolute Gasteiger partial charge is 0.474 e. The van der Waals surface area contributed by atoms with E-state index in [2.05, 4.69) is 20.1 Å². The number of hydrogen-bond acceptors (Lipinski definition) is 5. The lowest BCUT2D eigenvalue weighted by Gasteiger charge is -2.30. The second-order valence-corrected chi connectivity index (χ2v) is 9.08. The Bertz CT molecular complexity index is 1410. The third-order valence-electron chi connectivity index (χ3n) is 5.56. The van der Waals surface area contributed by atoms with E-state index in [1.54, 1.807) is 0 Å². The topological polar surface area (TPSA) is 94.5 Å². The molecule has 0 atom stereocenters. The fourth-order valence-corrected chi connectivity index (χ4v) is 3.34. The monoisotopic (exact) mass is 645 g/mol. The number of benzene rings is 1. The molecule has 1 aliphatic rings. The average molecular weight is 646 g/mol. The summed E-state index contributed by atoms with van der Waals surface area (Å²) in [4.78, 5) is 15.6. The van der Waals surface area contributed by atoms with Crippen LogP contribution in [-0.2, 0) is 4.74 Å². The molecular formula is C22H16ClF12N5O2. The summed E-state index contributed by atoms with van der Waals surface area (Å²) in [7, 11) is 0.543. The van der Waals surface area contributed by atoms with Crippen molar-refractivity contribution >= 4 is 23.3 Å². The van der Waals surface area contributed by atoms with Crippen LogP contribution in [0.4, 0.5) is 52.7 Å². The molecule has 232 valence electrons. The molecule has 3 rings (SSSR count). The molecule has 0 unspecified atom stereocenters. The molecule has 42 heavy (non-hydrogen) atoms. The Kier molecular flexibility index (Phi) is 8.52. The Morgan fingerprint density at radius 1 is 1.02 bits per heavy atom. The van der Waals surface area contributed by atoms with Crippen LogP contribution in [-0.4, -0.2) is 64.9 Å². The number of alkyl halides is 12. The molecule has 7 nitrogen and oxygen atoms in total. The van der Waals surface area contributed by atoms with E-state index in [0.717, 1.165) is 19.0 Å². The molecule has 0 saturated heterocycles. The Balaban J connectivity index is 2.12. The summed E-state index contributed by atoms with van der Waals surface area (Å²) in [6.45, 7) is 0. The summed E-state index contributed by atoms with van der Waals surface area (Å²) in [5.74, 6) is -18.3. The number of aromatic nitrogens is 2. The van der Waals surface area contributed by atoms with E-state index in [1.165, 1.54) is 18.2 Å². The van der Waals surface area contributed by atoms with Crippen LogP contribution in [0.3, 0.4) is 0 Å². The van der Waals surface area contributed by atoms with Crippen LogP contribution in [0.15, 0.2) is 47.0 Å². The SMILES string of the molecule is CN=C(C(OC(F)(F)C(F)(F)C(F)(F)F)=C(N)C(F)(F)C(F)(F)F)n1cc(-c2ccc(Cl)c(C(=O)NC3CC3)c2)cn1. The quantitative estimate of drug-likeness (QED) is 0.156. The molecule has 0 aliphatic heterocycles. The Morgan fingerprint density at radius 3 is 2.12 bits per heavy atom. The van der Waals surface area contributed by atoms with Gasteiger partial charge < -0.3 is 15.8 Å². The van der Waals surface area contributed by atoms with Crippen LogP contribution >= 0.6 is 11.6 Å². The molecule has 0 spiro atoms. The molecule has 1 fully saturated rings. The maximum Gasteiger partial charge on any atom is 0.474 e. The number of allylic oxidation sites excluding steroid dienone is 2. The minimum atomic E-state index is -7.10. The minimum Gasteiger partial charge on any atom is -0.422 e. The van der Waals surface area contributed by atoms with E-state index in [4.69, 9.17) is 17.3 Å². The first-order valence-electron chi connectivity index (χ1n) is 11.1. The summed E-state index contributed by atoms with van der Waals surface area (Å²) in [6, 6.07) is 3.62. The van der Waals surface area contributed by atoms with Crippen molar-refractivity contribution in [2.24, 2.45) is 10.7 Å². The molecule has 2 aromatic rings. The maximum atomic E-state index is 14.1. The van der Waals surface area contributed by atoms with Gasteiger partial charge in [0.05, 0.1) is 16.8 Å². The van der Waals surface area contributed by atoms with Crippen molar-refractivity contribution < 1.29 is 62.2 Å². The smallest absolute Gasteiger partial charge is 0.422 e. The van der Waals surface area contributed by atoms with Gasteiger partial charge in [0.2, 0.25) is 0 Å². The van der Waals surface area contributed by atoms with E-state index in [-0.39, 0.29) is 32.4 Å². The zero-order valence-corrected chi connectivity index (χ0v) is 21.3. The maximum absolute atomic E-state index is 14.1. The lowest BCUT2D eigenvalue weighted by atomic mass is 10.1. The van der Waals surface area contributed by atoms with E-state index in [1.807, 2.05) is 0 Å². The molecule has 1 aromatic heterocycles. The number of amides is 1. The highest BCUT2D eigenvalue weighted by molar-refractivity contribution is 6.34. The molecule has 3 N–H and O–H groups in total. The van der Waals surface area contributed by atoms with Gasteiger partial charge in [0.15, 0.2) is 11.6 Å². The van der Waals surface area contributed by atoms with Crippen LogP contribution < -0.4 is 11.1 Å². The Labute approximate surface area is 231 Å². The first kappa shape index (κ1) is 32.9. The fraction of sp³-hybridized carbons (Fsp3) is 0.409. The van der Waals surface area contributed by atoms with Crippen molar-refractivity contribution in [3.8, 4) is 11.1 Å². The van der Waals surface area contributed by atoms with E-state index in [9.17, 15) is 57.5 Å². The highest BCUT2D eigenvalue weighted by atomic mass is 35.5. The van der Waals surface area contributed by atoms with Gasteiger partial charge >= 0.3 is 30.3 Å². The second kappa shape index (κ2) is 10.9. The zero-order chi connectivity index (χ0) is 32.1. The van der Waals surface area contributed by atoms with Gasteiger partial charge in [0, 0.05) is 24.8 Å². The van der Waals surface area contributed by atoms with E-state index < -0.39 is 53.5 Å². The summed E-state index contributed by atoms with van der Waals surface area (Å²) >= 11 is 6.03. The van der Waals surface area contributed by atoms with Crippen LogP contribution in [0.1, 0.15) is 23.2 Å². The van der Waals surface area contributed by atoms with Crippen LogP contribution in [0.5, 0.6) is 0 Å². The normalized spacial score (nSPS) is 16.3. The van der Waals surface area contributed by atoms with Crippen molar-refractivity contribution in [1.82, 2.24) is 15.1 Å². The zero-order valence-electron chi connectivity index (χ0n) is 20.5. The minimum absolute atomic E-state index is 0.0197. The average Bonchev–Trinajstić information content (AvgIpc) is 3.54. The van der Waals surface area contributed by atoms with E-state index >= 15 is 0 Å². The molecule has 1 aliphatic carbocycles. The lowest BCUT2D eigenvalue weighted by molar-refractivity contribution is -0.415. The molecule has 1 aromatic carbocycles. The summed E-state index contributed by atoms with van der Waals surface area (Å²) in [6.07, 6.45) is -17.5. The summed E-state index contributed by atoms with van der Waals surface area (Å²) < 4.78 is 163. The number of rotatable bonds is 8. The number of hydrogen-bond donors (Lipinski definition) is 2. The number of nitrogens with two attached hydrogens (primary N) is 1. The van der Waals surface area contributed by atoms with Gasteiger partial charge in [-0.15, -0.1) is 0 Å². The van der Waals surface area contributed by atoms with Crippen molar-refractivity contribution in [3.63, 3.8) is 0 Å². The van der Waals surface area contributed by atoms with Gasteiger partial charge in [-0.1, -0.05) is 17.7 Å². The number of ether oxygens (including phenoxy) is 1.